The number of anilines is 1. The molecule has 1 saturated carbocycles. The minimum Gasteiger partial charge on any atom is -0.380 e. The second-order valence-electron chi connectivity index (χ2n) is 6.96. The Morgan fingerprint density at radius 3 is 2.66 bits per heavy atom. The third-order valence-corrected chi connectivity index (χ3v) is 7.21. The molecule has 7 nitrogen and oxygen atoms in total. The Balaban J connectivity index is 1.63. The summed E-state index contributed by atoms with van der Waals surface area (Å²) in [5.41, 5.74) is 1.30. The number of halogens is 1. The van der Waals surface area contributed by atoms with E-state index in [9.17, 15) is 17.6 Å². The number of urea groups is 1. The number of pyridine rings is 1. The predicted octanol–water partition coefficient (Wildman–Crippen LogP) is 3.08. The average molecular weight is 421 g/mol. The number of carbonyl (C=O) groups is 1. The van der Waals surface area contributed by atoms with Gasteiger partial charge in [0, 0.05) is 31.7 Å². The lowest BCUT2D eigenvalue weighted by Crippen LogP contribution is -2.41. The van der Waals surface area contributed by atoms with Crippen LogP contribution < -0.4 is 10.6 Å². The smallest absolute Gasteiger partial charge is 0.319 e. The number of sulfone groups is 1. The molecule has 2 aromatic rings. The number of hydrogen-bond donors (Lipinski definition) is 2. The summed E-state index contributed by atoms with van der Waals surface area (Å²) in [6.45, 7) is 0.316. The summed E-state index contributed by atoms with van der Waals surface area (Å²) in [5, 5.41) is 4.42. The molecule has 2 amide bonds. The molecule has 0 saturated heterocycles. The maximum Gasteiger partial charge on any atom is 0.319 e. The van der Waals surface area contributed by atoms with Crippen LogP contribution >= 0.6 is 0 Å². The van der Waals surface area contributed by atoms with Gasteiger partial charge in [-0.3, -0.25) is 4.98 Å². The molecule has 0 bridgehead atoms. The third-order valence-electron chi connectivity index (χ3n) is 4.99. The largest absolute Gasteiger partial charge is 0.380 e. The van der Waals surface area contributed by atoms with E-state index in [4.69, 9.17) is 4.74 Å². The number of nitrogens with one attached hydrogen (secondary N) is 2. The van der Waals surface area contributed by atoms with Crippen LogP contribution in [-0.2, 0) is 21.1 Å². The first-order valence-electron chi connectivity index (χ1n) is 9.34. The van der Waals surface area contributed by atoms with Crippen LogP contribution in [0.5, 0.6) is 0 Å². The van der Waals surface area contributed by atoms with Crippen LogP contribution in [0.15, 0.2) is 53.7 Å². The van der Waals surface area contributed by atoms with Crippen molar-refractivity contribution in [2.45, 2.75) is 48.2 Å². The number of alkyl halides is 1. The topological polar surface area (TPSA) is 97.4 Å². The van der Waals surface area contributed by atoms with E-state index in [0.29, 0.717) is 25.1 Å². The second kappa shape index (κ2) is 9.32. The van der Waals surface area contributed by atoms with E-state index in [1.54, 1.807) is 18.5 Å². The minimum absolute atomic E-state index is 0.0718. The van der Waals surface area contributed by atoms with Crippen LogP contribution in [0.1, 0.15) is 24.8 Å². The molecular formula is C20H24FN3O4S. The van der Waals surface area contributed by atoms with Crippen molar-refractivity contribution in [3.05, 3.63) is 54.4 Å². The van der Waals surface area contributed by atoms with Gasteiger partial charge >= 0.3 is 6.03 Å². The standard InChI is InChI=1S/C20H24FN3O4S/c1-28-18-9-4-15(21)11-19(18)29(26,27)17-7-5-16(6-8-17)24-20(25)23-13-14-3-2-10-22-12-14/h2-3,5-8,10,12,15,18-19H,4,9,11,13H2,1H3,(H2,23,24,25). The first-order valence-corrected chi connectivity index (χ1v) is 10.9. The molecule has 1 heterocycles. The van der Waals surface area contributed by atoms with E-state index in [2.05, 4.69) is 15.6 Å². The van der Waals surface area contributed by atoms with Crippen molar-refractivity contribution < 1.29 is 22.3 Å². The molecule has 1 aliphatic rings. The molecule has 3 rings (SSSR count). The van der Waals surface area contributed by atoms with Crippen LogP contribution in [0.4, 0.5) is 14.9 Å². The van der Waals surface area contributed by atoms with Gasteiger partial charge < -0.3 is 15.4 Å². The van der Waals surface area contributed by atoms with E-state index in [1.165, 1.54) is 31.4 Å². The zero-order valence-electron chi connectivity index (χ0n) is 16.0. The van der Waals surface area contributed by atoms with E-state index in [1.807, 2.05) is 6.07 Å². The van der Waals surface area contributed by atoms with Crippen LogP contribution in [0.3, 0.4) is 0 Å². The highest BCUT2D eigenvalue weighted by molar-refractivity contribution is 7.92. The van der Waals surface area contributed by atoms with Crippen molar-refractivity contribution in [2.24, 2.45) is 0 Å². The van der Waals surface area contributed by atoms with Gasteiger partial charge in [0.05, 0.1) is 16.2 Å². The molecule has 0 spiro atoms. The van der Waals surface area contributed by atoms with Gasteiger partial charge in [-0.2, -0.15) is 0 Å². The molecule has 3 unspecified atom stereocenters. The Morgan fingerprint density at radius 2 is 2.00 bits per heavy atom. The highest BCUT2D eigenvalue weighted by atomic mass is 32.2. The van der Waals surface area contributed by atoms with Crippen molar-refractivity contribution in [3.63, 3.8) is 0 Å². The van der Waals surface area contributed by atoms with Crippen molar-refractivity contribution in [2.75, 3.05) is 12.4 Å². The fourth-order valence-corrected chi connectivity index (χ4v) is 5.39. The molecule has 1 aromatic heterocycles. The zero-order valence-corrected chi connectivity index (χ0v) is 16.9. The first kappa shape index (κ1) is 21.2. The molecule has 1 aromatic carbocycles. The summed E-state index contributed by atoms with van der Waals surface area (Å²) < 4.78 is 45.0. The van der Waals surface area contributed by atoms with E-state index in [0.717, 1.165) is 5.56 Å². The number of nitrogens with zero attached hydrogens (tertiary/aromatic N) is 1. The zero-order chi connectivity index (χ0) is 20.9. The molecule has 156 valence electrons. The lowest BCUT2D eigenvalue weighted by atomic mass is 9.95. The molecule has 9 heteroatoms. The number of aromatic nitrogens is 1. The number of carbonyl (C=O) groups excluding carboxylic acids is 1. The van der Waals surface area contributed by atoms with E-state index >= 15 is 0 Å². The molecule has 0 radical (unpaired) electrons. The summed E-state index contributed by atoms with van der Waals surface area (Å²) in [6.07, 6.45) is 2.24. The second-order valence-corrected chi connectivity index (χ2v) is 9.13. The molecule has 2 N–H and O–H groups in total. The Kier molecular flexibility index (Phi) is 6.81. The SMILES string of the molecule is COC1CCC(F)CC1S(=O)(=O)c1ccc(NC(=O)NCc2cccnc2)cc1. The Labute approximate surface area is 169 Å². The summed E-state index contributed by atoms with van der Waals surface area (Å²) in [5.74, 6) is 0. The average Bonchev–Trinajstić information content (AvgIpc) is 2.73. The summed E-state index contributed by atoms with van der Waals surface area (Å²) in [6, 6.07) is 9.05. The van der Waals surface area contributed by atoms with Crippen LogP contribution in [0.2, 0.25) is 0 Å². The molecule has 1 aliphatic carbocycles. The van der Waals surface area contributed by atoms with E-state index in [-0.39, 0.29) is 11.3 Å². The maximum absolute atomic E-state index is 13.8. The lowest BCUT2D eigenvalue weighted by molar-refractivity contribution is 0.0520. The van der Waals surface area contributed by atoms with Gasteiger partial charge in [-0.1, -0.05) is 6.07 Å². The van der Waals surface area contributed by atoms with Crippen molar-refractivity contribution >= 4 is 21.6 Å². The number of benzene rings is 1. The van der Waals surface area contributed by atoms with Gasteiger partial charge in [-0.25, -0.2) is 17.6 Å². The van der Waals surface area contributed by atoms with Gasteiger partial charge in [0.1, 0.15) is 6.17 Å². The van der Waals surface area contributed by atoms with E-state index < -0.39 is 33.4 Å². The summed E-state index contributed by atoms with van der Waals surface area (Å²) >= 11 is 0. The highest BCUT2D eigenvalue weighted by Gasteiger charge is 2.40. The maximum atomic E-state index is 13.8. The summed E-state index contributed by atoms with van der Waals surface area (Å²) in [7, 11) is -2.30. The van der Waals surface area contributed by atoms with Crippen LogP contribution in [-0.4, -0.2) is 44.1 Å². The monoisotopic (exact) mass is 421 g/mol. The summed E-state index contributed by atoms with van der Waals surface area (Å²) in [4.78, 5) is 16.1. The molecule has 0 aliphatic heterocycles. The van der Waals surface area contributed by atoms with Crippen molar-refractivity contribution in [1.82, 2.24) is 10.3 Å². The number of methoxy groups -OCH3 is 1. The number of amides is 2. The van der Waals surface area contributed by atoms with Gasteiger partial charge in [0.2, 0.25) is 0 Å². The Hall–Kier alpha value is -2.52. The third kappa shape index (κ3) is 5.30. The first-order chi connectivity index (χ1) is 13.9. The highest BCUT2D eigenvalue weighted by Crippen LogP contribution is 2.32. The fourth-order valence-electron chi connectivity index (χ4n) is 3.41. The van der Waals surface area contributed by atoms with Crippen molar-refractivity contribution in [1.29, 1.82) is 0 Å². The fraction of sp³-hybridized carbons (Fsp3) is 0.400. The molecule has 1 fully saturated rings. The quantitative estimate of drug-likeness (QED) is 0.747. The van der Waals surface area contributed by atoms with Crippen molar-refractivity contribution in [3.8, 4) is 0 Å². The van der Waals surface area contributed by atoms with Crippen LogP contribution in [0, 0.1) is 0 Å². The van der Waals surface area contributed by atoms with Gasteiger partial charge in [-0.15, -0.1) is 0 Å². The minimum atomic E-state index is -3.75. The number of hydrogen-bond acceptors (Lipinski definition) is 5. The Bertz CT molecular complexity index is 923. The predicted molar refractivity (Wildman–Crippen MR) is 107 cm³/mol. The molecular weight excluding hydrogens is 397 g/mol. The molecule has 3 atom stereocenters. The number of rotatable bonds is 6. The van der Waals surface area contributed by atoms with Gasteiger partial charge in [-0.05, 0) is 55.2 Å². The van der Waals surface area contributed by atoms with Crippen LogP contribution in [0.25, 0.3) is 0 Å². The van der Waals surface area contributed by atoms with Gasteiger partial charge in [0.15, 0.2) is 9.84 Å². The lowest BCUT2D eigenvalue weighted by Gasteiger charge is -2.31. The number of ether oxygens (including phenoxy) is 1. The Morgan fingerprint density at radius 1 is 1.24 bits per heavy atom. The normalized spacial score (nSPS) is 22.1. The molecule has 29 heavy (non-hydrogen) atoms. The van der Waals surface area contributed by atoms with Gasteiger partial charge in [0.25, 0.3) is 0 Å².